The number of aromatic nitrogens is 1. The van der Waals surface area contributed by atoms with E-state index in [4.69, 9.17) is 13.7 Å². The monoisotopic (exact) mass is 284 g/mol. The number of carbonyl (C=O) groups is 1. The largest absolute Gasteiger partial charge is 0.461 e. The zero-order valence-electron chi connectivity index (χ0n) is 11.0. The fraction of sp³-hybridized carbons (Fsp3) is 0.0667. The Morgan fingerprint density at radius 2 is 2.00 bits per heavy atom. The fourth-order valence-corrected chi connectivity index (χ4v) is 1.74. The predicted molar refractivity (Wildman–Crippen MR) is 73.5 cm³/mol. The van der Waals surface area contributed by atoms with E-state index in [0.29, 0.717) is 18.1 Å². The van der Waals surface area contributed by atoms with Gasteiger partial charge in [-0.2, -0.15) is 0 Å². The molecular formula is C15H12N2O4. The van der Waals surface area contributed by atoms with Crippen molar-refractivity contribution < 1.29 is 18.5 Å². The third-order valence-corrected chi connectivity index (χ3v) is 2.73. The lowest BCUT2D eigenvalue weighted by molar-refractivity contribution is 0.195. The Kier molecular flexibility index (Phi) is 3.68. The molecule has 1 amide bonds. The molecule has 0 spiro atoms. The van der Waals surface area contributed by atoms with E-state index in [1.807, 2.05) is 30.3 Å². The Balaban J connectivity index is 1.55. The van der Waals surface area contributed by atoms with Gasteiger partial charge in [-0.25, -0.2) is 4.79 Å². The molecule has 1 N–H and O–H groups in total. The first-order valence-electron chi connectivity index (χ1n) is 6.31. The van der Waals surface area contributed by atoms with Crippen LogP contribution in [0, 0.1) is 0 Å². The summed E-state index contributed by atoms with van der Waals surface area (Å²) in [6.45, 7) is 0.378. The van der Waals surface area contributed by atoms with E-state index in [1.54, 1.807) is 12.1 Å². The van der Waals surface area contributed by atoms with Gasteiger partial charge in [0.05, 0.1) is 12.3 Å². The van der Waals surface area contributed by atoms with Gasteiger partial charge in [0.15, 0.2) is 5.76 Å². The molecule has 0 saturated heterocycles. The lowest BCUT2D eigenvalue weighted by Crippen LogP contribution is -2.26. The number of hydrogen-bond donors (Lipinski definition) is 1. The van der Waals surface area contributed by atoms with Crippen LogP contribution in [0.4, 0.5) is 4.79 Å². The van der Waals surface area contributed by atoms with Crippen molar-refractivity contribution in [1.29, 1.82) is 0 Å². The average molecular weight is 284 g/mol. The van der Waals surface area contributed by atoms with Gasteiger partial charge in [-0.05, 0) is 22.9 Å². The Hall–Kier alpha value is -3.02. The second-order valence-corrected chi connectivity index (χ2v) is 4.24. The summed E-state index contributed by atoms with van der Waals surface area (Å²) < 4.78 is 15.2. The number of rotatable bonds is 4. The molecule has 0 aliphatic heterocycles. The van der Waals surface area contributed by atoms with E-state index in [2.05, 4.69) is 10.5 Å². The second kappa shape index (κ2) is 5.96. The maximum absolute atomic E-state index is 11.6. The minimum atomic E-state index is -0.599. The van der Waals surface area contributed by atoms with Gasteiger partial charge in [0.25, 0.3) is 5.88 Å². The normalized spacial score (nSPS) is 10.3. The van der Waals surface area contributed by atoms with Gasteiger partial charge in [-0.3, -0.25) is 0 Å². The summed E-state index contributed by atoms with van der Waals surface area (Å²) in [6.07, 6.45) is 0.920. The van der Waals surface area contributed by atoms with E-state index < -0.39 is 6.09 Å². The number of benzene rings is 1. The molecule has 106 valence electrons. The lowest BCUT2D eigenvalue weighted by Gasteiger charge is -2.03. The number of furan rings is 1. The molecule has 2 heterocycles. The van der Waals surface area contributed by atoms with Crippen molar-refractivity contribution >= 4 is 6.09 Å². The van der Waals surface area contributed by atoms with Gasteiger partial charge in [-0.1, -0.05) is 30.3 Å². The van der Waals surface area contributed by atoms with Crippen molar-refractivity contribution in [3.63, 3.8) is 0 Å². The molecule has 1 aromatic carbocycles. The minimum Gasteiger partial charge on any atom is -0.461 e. The molecule has 3 aromatic rings. The first-order valence-corrected chi connectivity index (χ1v) is 6.31. The molecule has 6 heteroatoms. The number of nitrogens with one attached hydrogen (secondary N) is 1. The highest BCUT2D eigenvalue weighted by molar-refractivity contribution is 5.70. The topological polar surface area (TPSA) is 77.5 Å². The fourth-order valence-electron chi connectivity index (χ4n) is 1.74. The van der Waals surface area contributed by atoms with Crippen LogP contribution in [0.3, 0.4) is 0 Å². The molecule has 0 aliphatic carbocycles. The summed E-state index contributed by atoms with van der Waals surface area (Å²) in [4.78, 5) is 11.6. The molecule has 6 nitrogen and oxygen atoms in total. The van der Waals surface area contributed by atoms with Crippen LogP contribution in [0.1, 0.15) is 5.56 Å². The molecule has 0 aliphatic rings. The van der Waals surface area contributed by atoms with Crippen molar-refractivity contribution in [1.82, 2.24) is 10.5 Å². The zero-order chi connectivity index (χ0) is 14.5. The molecule has 0 radical (unpaired) electrons. The highest BCUT2D eigenvalue weighted by Crippen LogP contribution is 2.23. The smallest absolute Gasteiger partial charge is 0.414 e. The molecule has 21 heavy (non-hydrogen) atoms. The van der Waals surface area contributed by atoms with Gasteiger partial charge >= 0.3 is 6.09 Å². The van der Waals surface area contributed by atoms with Crippen LogP contribution >= 0.6 is 0 Å². The average Bonchev–Trinajstić information content (AvgIpc) is 3.17. The highest BCUT2D eigenvalue weighted by Gasteiger charge is 2.12. The molecule has 0 saturated carbocycles. The Labute approximate surface area is 120 Å². The van der Waals surface area contributed by atoms with Crippen molar-refractivity contribution in [3.05, 3.63) is 60.4 Å². The summed E-state index contributed by atoms with van der Waals surface area (Å²) in [5.74, 6) is 0.986. The second-order valence-electron chi connectivity index (χ2n) is 4.24. The van der Waals surface area contributed by atoms with Crippen molar-refractivity contribution in [2.24, 2.45) is 0 Å². The van der Waals surface area contributed by atoms with Crippen molar-refractivity contribution in [2.45, 2.75) is 6.54 Å². The van der Waals surface area contributed by atoms with Crippen molar-refractivity contribution in [3.8, 4) is 17.4 Å². The number of hydrogen-bond acceptors (Lipinski definition) is 5. The number of nitrogens with zero attached hydrogens (tertiary/aromatic N) is 1. The predicted octanol–water partition coefficient (Wildman–Crippen LogP) is 3.22. The third-order valence-electron chi connectivity index (χ3n) is 2.73. The van der Waals surface area contributed by atoms with Gasteiger partial charge in [0.1, 0.15) is 0 Å². The molecule has 0 fully saturated rings. The van der Waals surface area contributed by atoms with E-state index in [-0.39, 0.29) is 5.88 Å². The van der Waals surface area contributed by atoms with E-state index in [9.17, 15) is 4.79 Å². The van der Waals surface area contributed by atoms with Crippen molar-refractivity contribution in [2.75, 3.05) is 0 Å². The summed E-state index contributed by atoms with van der Waals surface area (Å²) in [5.41, 5.74) is 0.978. The van der Waals surface area contributed by atoms with Crippen LogP contribution in [0.25, 0.3) is 11.5 Å². The molecule has 0 atom stereocenters. The maximum Gasteiger partial charge on any atom is 0.414 e. The van der Waals surface area contributed by atoms with Crippen LogP contribution in [0.5, 0.6) is 5.88 Å². The summed E-state index contributed by atoms with van der Waals surface area (Å²) in [5, 5.41) is 6.27. The quantitative estimate of drug-likeness (QED) is 0.795. The Morgan fingerprint density at radius 3 is 2.76 bits per heavy atom. The van der Waals surface area contributed by atoms with Gasteiger partial charge < -0.3 is 19.0 Å². The number of carbonyl (C=O) groups excluding carboxylic acids is 1. The van der Waals surface area contributed by atoms with Crippen LogP contribution in [-0.4, -0.2) is 11.2 Å². The third kappa shape index (κ3) is 3.30. The van der Waals surface area contributed by atoms with Gasteiger partial charge in [-0.15, -0.1) is 0 Å². The minimum absolute atomic E-state index is 0.0759. The van der Waals surface area contributed by atoms with E-state index in [1.165, 1.54) is 12.3 Å². The van der Waals surface area contributed by atoms with Crippen LogP contribution in [0.2, 0.25) is 0 Å². The molecule has 2 aromatic heterocycles. The van der Waals surface area contributed by atoms with E-state index >= 15 is 0 Å². The van der Waals surface area contributed by atoms with Gasteiger partial charge in [0.2, 0.25) is 5.76 Å². The number of ether oxygens (including phenoxy) is 1. The summed E-state index contributed by atoms with van der Waals surface area (Å²) in [6, 6.07) is 14.5. The van der Waals surface area contributed by atoms with Crippen LogP contribution < -0.4 is 10.1 Å². The first-order chi connectivity index (χ1) is 10.3. The molecule has 0 bridgehead atoms. The molecular weight excluding hydrogens is 272 g/mol. The zero-order valence-corrected chi connectivity index (χ0v) is 11.0. The highest BCUT2D eigenvalue weighted by atomic mass is 16.6. The molecule has 0 unspecified atom stereocenters. The SMILES string of the molecule is O=C(NCc1ccccc1)Oc1cc(-c2ccco2)on1. The first kappa shape index (κ1) is 13.0. The summed E-state index contributed by atoms with van der Waals surface area (Å²) in [7, 11) is 0. The van der Waals surface area contributed by atoms with Crippen LogP contribution in [-0.2, 0) is 6.54 Å². The maximum atomic E-state index is 11.6. The number of amides is 1. The standard InChI is InChI=1S/C15H12N2O4/c18-15(16-10-11-5-2-1-3-6-11)20-14-9-13(21-17-14)12-7-4-8-19-12/h1-9H,10H2,(H,16,18). The van der Waals surface area contributed by atoms with Crippen LogP contribution in [0.15, 0.2) is 63.7 Å². The van der Waals surface area contributed by atoms with E-state index in [0.717, 1.165) is 5.56 Å². The Bertz CT molecular complexity index is 704. The molecule has 3 rings (SSSR count). The Morgan fingerprint density at radius 1 is 1.14 bits per heavy atom. The lowest BCUT2D eigenvalue weighted by atomic mass is 10.2. The van der Waals surface area contributed by atoms with Gasteiger partial charge in [0, 0.05) is 6.54 Å². The summed E-state index contributed by atoms with van der Waals surface area (Å²) >= 11 is 0.